The van der Waals surface area contributed by atoms with Gasteiger partial charge in [-0.05, 0) is 36.4 Å². The van der Waals surface area contributed by atoms with Crippen molar-refractivity contribution in [2.24, 2.45) is 0 Å². The van der Waals surface area contributed by atoms with E-state index in [1.165, 1.54) is 12.1 Å². The number of hydrogen-bond donors (Lipinski definition) is 2. The maximum atomic E-state index is 13.2. The number of benzene rings is 3. The lowest BCUT2D eigenvalue weighted by Crippen LogP contribution is -3.09. The molecule has 0 saturated carbocycles. The Hall–Kier alpha value is -3.38. The normalized spacial score (nSPS) is 12.7. The summed E-state index contributed by atoms with van der Waals surface area (Å²) in [6, 6.07) is 20.6. The summed E-state index contributed by atoms with van der Waals surface area (Å²) in [6.07, 6.45) is 0. The number of para-hydroxylation sites is 1. The number of methoxy groups -OCH3 is 2. The number of anilines is 1. The van der Waals surface area contributed by atoms with E-state index in [4.69, 9.17) is 9.47 Å². The quantitative estimate of drug-likeness (QED) is 0.601. The fourth-order valence-corrected chi connectivity index (χ4v) is 3.55. The fraction of sp³-hybridized carbons (Fsp3) is 0.208. The van der Waals surface area contributed by atoms with Crippen molar-refractivity contribution in [1.29, 1.82) is 0 Å². The number of amides is 1. The van der Waals surface area contributed by atoms with Crippen molar-refractivity contribution in [2.45, 2.75) is 12.6 Å². The Bertz CT molecular complexity index is 978. The van der Waals surface area contributed by atoms with Crippen LogP contribution >= 0.6 is 0 Å². The van der Waals surface area contributed by atoms with Crippen LogP contribution in [0.4, 0.5) is 10.1 Å². The van der Waals surface area contributed by atoms with E-state index in [1.807, 2.05) is 55.6 Å². The summed E-state index contributed by atoms with van der Waals surface area (Å²) in [6.45, 7) is 0.538. The minimum absolute atomic E-state index is 0.174. The largest absolute Gasteiger partial charge is 0.493 e. The number of nitrogens with one attached hydrogen (secondary N) is 2. The van der Waals surface area contributed by atoms with E-state index in [-0.39, 0.29) is 11.7 Å². The Morgan fingerprint density at radius 2 is 1.67 bits per heavy atom. The van der Waals surface area contributed by atoms with Gasteiger partial charge in [0.1, 0.15) is 12.4 Å². The number of quaternary nitrogens is 1. The Balaban J connectivity index is 1.89. The lowest BCUT2D eigenvalue weighted by molar-refractivity contribution is -0.915. The zero-order valence-electron chi connectivity index (χ0n) is 17.3. The molecule has 0 aromatic heterocycles. The summed E-state index contributed by atoms with van der Waals surface area (Å²) in [5.74, 6) is 0.785. The van der Waals surface area contributed by atoms with Crippen LogP contribution in [0.25, 0.3) is 0 Å². The van der Waals surface area contributed by atoms with Gasteiger partial charge in [0.2, 0.25) is 0 Å². The fourth-order valence-electron chi connectivity index (χ4n) is 3.55. The van der Waals surface area contributed by atoms with Crippen molar-refractivity contribution in [1.82, 2.24) is 0 Å². The second-order valence-corrected chi connectivity index (χ2v) is 7.02. The molecule has 0 fully saturated rings. The van der Waals surface area contributed by atoms with Crippen LogP contribution in [0.15, 0.2) is 72.8 Å². The zero-order chi connectivity index (χ0) is 21.5. The molecule has 2 atom stereocenters. The first-order valence-corrected chi connectivity index (χ1v) is 9.67. The average molecular weight is 409 g/mol. The minimum Gasteiger partial charge on any atom is -0.493 e. The van der Waals surface area contributed by atoms with Crippen LogP contribution in [0.2, 0.25) is 0 Å². The molecule has 3 rings (SSSR count). The van der Waals surface area contributed by atoms with E-state index >= 15 is 0 Å². The van der Waals surface area contributed by atoms with Crippen molar-refractivity contribution < 1.29 is 23.6 Å². The van der Waals surface area contributed by atoms with Gasteiger partial charge in [-0.15, -0.1) is 0 Å². The van der Waals surface area contributed by atoms with Crippen LogP contribution in [-0.2, 0) is 11.3 Å². The first kappa shape index (κ1) is 21.3. The third-order valence-corrected chi connectivity index (χ3v) is 4.95. The topological polar surface area (TPSA) is 52.0 Å². The van der Waals surface area contributed by atoms with Crippen LogP contribution < -0.4 is 19.7 Å². The lowest BCUT2D eigenvalue weighted by atomic mass is 10.0. The Kier molecular flexibility index (Phi) is 7.03. The molecule has 0 saturated heterocycles. The molecule has 0 aliphatic rings. The highest BCUT2D eigenvalue weighted by Crippen LogP contribution is 2.30. The molecule has 5 nitrogen and oxygen atoms in total. The molecule has 0 aliphatic heterocycles. The standard InChI is InChI=1S/C24H25FN2O3/c1-27(16-18-10-7-11-21(29-2)23(18)30-3)22(17-8-5-4-6-9-17)24(28)26-20-14-12-19(25)13-15-20/h4-15,22H,16H2,1-3H3,(H,26,28)/p+1/t22-/m1/s1. The number of likely N-dealkylation sites (N-methyl/N-ethyl adjacent to an activating group) is 1. The smallest absolute Gasteiger partial charge is 0.287 e. The summed E-state index contributed by atoms with van der Waals surface area (Å²) >= 11 is 0. The molecular weight excluding hydrogens is 383 g/mol. The molecule has 156 valence electrons. The third kappa shape index (κ3) is 4.96. The van der Waals surface area contributed by atoms with Gasteiger partial charge in [0.05, 0.1) is 26.8 Å². The van der Waals surface area contributed by atoms with Crippen molar-refractivity contribution in [3.8, 4) is 11.5 Å². The molecule has 0 bridgehead atoms. The lowest BCUT2D eigenvalue weighted by Gasteiger charge is -2.25. The van der Waals surface area contributed by atoms with Crippen LogP contribution in [0.5, 0.6) is 11.5 Å². The predicted octanol–water partition coefficient (Wildman–Crippen LogP) is 3.24. The van der Waals surface area contributed by atoms with Crippen molar-refractivity contribution in [3.05, 3.63) is 89.7 Å². The van der Waals surface area contributed by atoms with E-state index in [0.717, 1.165) is 16.0 Å². The van der Waals surface area contributed by atoms with Crippen molar-refractivity contribution in [2.75, 3.05) is 26.6 Å². The van der Waals surface area contributed by atoms with Gasteiger partial charge in [-0.1, -0.05) is 36.4 Å². The molecule has 3 aromatic carbocycles. The molecule has 0 spiro atoms. The molecule has 6 heteroatoms. The number of halogens is 1. The van der Waals surface area contributed by atoms with Crippen LogP contribution in [0.1, 0.15) is 17.2 Å². The Morgan fingerprint density at radius 3 is 2.30 bits per heavy atom. The van der Waals surface area contributed by atoms with E-state index in [2.05, 4.69) is 5.32 Å². The summed E-state index contributed by atoms with van der Waals surface area (Å²) in [5.41, 5.74) is 2.37. The number of carbonyl (C=O) groups excluding carboxylic acids is 1. The van der Waals surface area contributed by atoms with Gasteiger partial charge in [-0.25, -0.2) is 4.39 Å². The molecule has 1 amide bonds. The number of carbonyl (C=O) groups is 1. The minimum atomic E-state index is -0.479. The monoisotopic (exact) mass is 409 g/mol. The van der Waals surface area contributed by atoms with E-state index in [1.54, 1.807) is 26.4 Å². The van der Waals surface area contributed by atoms with Gasteiger partial charge in [0, 0.05) is 11.3 Å². The first-order valence-electron chi connectivity index (χ1n) is 9.67. The molecule has 0 aliphatic carbocycles. The Labute approximate surface area is 176 Å². The highest BCUT2D eigenvalue weighted by molar-refractivity contribution is 5.94. The summed E-state index contributed by atoms with van der Waals surface area (Å²) in [7, 11) is 5.16. The highest BCUT2D eigenvalue weighted by Gasteiger charge is 2.30. The van der Waals surface area contributed by atoms with Crippen molar-refractivity contribution >= 4 is 11.6 Å². The molecule has 30 heavy (non-hydrogen) atoms. The van der Waals surface area contributed by atoms with E-state index < -0.39 is 6.04 Å². The molecule has 0 radical (unpaired) electrons. The molecule has 1 unspecified atom stereocenters. The van der Waals surface area contributed by atoms with Crippen LogP contribution in [0, 0.1) is 5.82 Å². The molecule has 3 aromatic rings. The second-order valence-electron chi connectivity index (χ2n) is 7.02. The molecule has 2 N–H and O–H groups in total. The van der Waals surface area contributed by atoms with Gasteiger partial charge >= 0.3 is 0 Å². The summed E-state index contributed by atoms with van der Waals surface area (Å²) in [5, 5.41) is 2.90. The zero-order valence-corrected chi connectivity index (χ0v) is 17.3. The van der Waals surface area contributed by atoms with E-state index in [0.29, 0.717) is 23.7 Å². The molecular formula is C24H26FN2O3+. The summed E-state index contributed by atoms with van der Waals surface area (Å²) < 4.78 is 24.2. The SMILES string of the molecule is COc1cccc(C[NH+](C)[C@@H](C(=O)Nc2ccc(F)cc2)c2ccccc2)c1OC. The van der Waals surface area contributed by atoms with E-state index in [9.17, 15) is 9.18 Å². The van der Waals surface area contributed by atoms with Gasteiger partial charge < -0.3 is 19.7 Å². The Morgan fingerprint density at radius 1 is 0.967 bits per heavy atom. The molecule has 0 heterocycles. The summed E-state index contributed by atoms with van der Waals surface area (Å²) in [4.78, 5) is 14.2. The number of hydrogen-bond acceptors (Lipinski definition) is 3. The number of ether oxygens (including phenoxy) is 2. The second kappa shape index (κ2) is 9.89. The number of rotatable bonds is 8. The first-order chi connectivity index (χ1) is 14.5. The maximum absolute atomic E-state index is 13.2. The van der Waals surface area contributed by atoms with Crippen molar-refractivity contribution in [3.63, 3.8) is 0 Å². The van der Waals surface area contributed by atoms with Crippen LogP contribution in [0.3, 0.4) is 0 Å². The van der Waals surface area contributed by atoms with Gasteiger partial charge in [0.15, 0.2) is 17.5 Å². The average Bonchev–Trinajstić information content (AvgIpc) is 2.76. The predicted molar refractivity (Wildman–Crippen MR) is 114 cm³/mol. The third-order valence-electron chi connectivity index (χ3n) is 4.95. The van der Waals surface area contributed by atoms with Gasteiger partial charge in [-0.3, -0.25) is 4.79 Å². The maximum Gasteiger partial charge on any atom is 0.287 e. The highest BCUT2D eigenvalue weighted by atomic mass is 19.1. The van der Waals surface area contributed by atoms with Gasteiger partial charge in [0.25, 0.3) is 5.91 Å². The van der Waals surface area contributed by atoms with Crippen LogP contribution in [-0.4, -0.2) is 27.2 Å². The van der Waals surface area contributed by atoms with Gasteiger partial charge in [-0.2, -0.15) is 0 Å².